The van der Waals surface area contributed by atoms with Crippen molar-refractivity contribution in [3.8, 4) is 0 Å². The number of hydrogen-bond donors (Lipinski definition) is 0. The highest BCUT2D eigenvalue weighted by atomic mass is 127. The summed E-state index contributed by atoms with van der Waals surface area (Å²) in [4.78, 5) is 0. The topological polar surface area (TPSA) is 0 Å². The molecular weight excluding hydrogens is 271 g/mol. The quantitative estimate of drug-likeness (QED) is 0.544. The molecule has 1 aromatic carbocycles. The second kappa shape index (κ2) is 3.99. The van der Waals surface area contributed by atoms with Crippen molar-refractivity contribution in [1.82, 2.24) is 0 Å². The van der Waals surface area contributed by atoms with E-state index in [1.165, 1.54) is 11.1 Å². The van der Waals surface area contributed by atoms with E-state index in [1.807, 2.05) is 0 Å². The molecule has 13 heavy (non-hydrogen) atoms. The largest absolute Gasteiger partial charge is 0.263 e. The average Bonchev–Trinajstić information content (AvgIpc) is 2.03. The lowest BCUT2D eigenvalue weighted by Gasteiger charge is -2.11. The molecule has 0 fully saturated rings. The number of rotatable bonds is 2. The summed E-state index contributed by atoms with van der Waals surface area (Å²) in [5.41, 5.74) is 2.84. The van der Waals surface area contributed by atoms with Gasteiger partial charge in [0.2, 0.25) is 0 Å². The summed E-state index contributed by atoms with van der Waals surface area (Å²) in [6.07, 6.45) is 0. The first-order valence-electron chi connectivity index (χ1n) is 4.72. The fourth-order valence-corrected chi connectivity index (χ4v) is 1.66. The van der Waals surface area contributed by atoms with Gasteiger partial charge in [-0.25, -0.2) is 0 Å². The average molecular weight is 289 g/mol. The maximum Gasteiger partial charge on any atom is 0.263 e. The Morgan fingerprint density at radius 1 is 1.08 bits per heavy atom. The molecule has 0 aliphatic rings. The minimum Gasteiger partial charge on any atom is -0.0587 e. The van der Waals surface area contributed by atoms with Crippen LogP contribution in [0.25, 0.3) is 0 Å². The molecule has 0 amide bonds. The summed E-state index contributed by atoms with van der Waals surface area (Å²) in [6.45, 7) is 8.96. The predicted molar refractivity (Wildman–Crippen MR) is 55.0 cm³/mol. The predicted octanol–water partition coefficient (Wildman–Crippen LogP) is 0.331. The summed E-state index contributed by atoms with van der Waals surface area (Å²) in [5, 5.41) is 0. The number of hydrogen-bond acceptors (Lipinski definition) is 0. The van der Waals surface area contributed by atoms with Crippen molar-refractivity contribution in [2.24, 2.45) is 0 Å². The highest BCUT2D eigenvalue weighted by Gasteiger charge is 2.24. The molecule has 0 aliphatic heterocycles. The molecule has 0 unspecified atom stereocenters. The highest BCUT2D eigenvalue weighted by molar-refractivity contribution is 5.27. The molecule has 1 aromatic rings. The molecule has 0 saturated heterocycles. The van der Waals surface area contributed by atoms with Crippen LogP contribution in [0.15, 0.2) is 24.3 Å². The fourth-order valence-electron chi connectivity index (χ4n) is 1.27. The first-order valence-corrected chi connectivity index (χ1v) is 5.88. The normalized spacial score (nSPS) is 12.2. The lowest BCUT2D eigenvalue weighted by molar-refractivity contribution is -0.475. The van der Waals surface area contributed by atoms with Gasteiger partial charge in [-0.05, 0) is 25.3 Å². The van der Waals surface area contributed by atoms with Crippen molar-refractivity contribution in [1.29, 1.82) is 0 Å². The first-order chi connectivity index (χ1) is 5.91. The Morgan fingerprint density at radius 3 is 1.85 bits per heavy atom. The SMILES string of the molecule is CC(C)c1ccc(C(C)(C)[IH+])cc1. The van der Waals surface area contributed by atoms with Gasteiger partial charge >= 0.3 is 0 Å². The third-order valence-electron chi connectivity index (χ3n) is 2.27. The number of halogens is 1. The smallest absolute Gasteiger partial charge is 0.0587 e. The van der Waals surface area contributed by atoms with E-state index in [9.17, 15) is 0 Å². The molecular formula is C12H18I+. The van der Waals surface area contributed by atoms with Gasteiger partial charge in [-0.1, -0.05) is 38.1 Å². The van der Waals surface area contributed by atoms with Crippen molar-refractivity contribution >= 4 is 0 Å². The van der Waals surface area contributed by atoms with Gasteiger partial charge in [0.15, 0.2) is 3.42 Å². The summed E-state index contributed by atoms with van der Waals surface area (Å²) >= 11 is 2.17. The Balaban J connectivity index is 2.94. The molecule has 0 aliphatic carbocycles. The number of benzene rings is 1. The van der Waals surface area contributed by atoms with Gasteiger partial charge in [0.1, 0.15) is 0 Å². The molecule has 0 aromatic heterocycles. The van der Waals surface area contributed by atoms with Gasteiger partial charge in [0, 0.05) is 5.56 Å². The van der Waals surface area contributed by atoms with E-state index in [2.05, 4.69) is 74.6 Å². The van der Waals surface area contributed by atoms with Gasteiger partial charge < -0.3 is 0 Å². The Morgan fingerprint density at radius 2 is 1.54 bits per heavy atom. The monoisotopic (exact) mass is 289 g/mol. The van der Waals surface area contributed by atoms with Crippen molar-refractivity contribution in [3.63, 3.8) is 0 Å². The van der Waals surface area contributed by atoms with E-state index in [-0.39, 0.29) is 3.42 Å². The molecule has 1 rings (SSSR count). The summed E-state index contributed by atoms with van der Waals surface area (Å²) in [6, 6.07) is 8.98. The van der Waals surface area contributed by atoms with E-state index < -0.39 is 0 Å². The van der Waals surface area contributed by atoms with Crippen LogP contribution < -0.4 is 22.6 Å². The summed E-state index contributed by atoms with van der Waals surface area (Å²) < 4.78 is 0.283. The fraction of sp³-hybridized carbons (Fsp3) is 0.500. The van der Waals surface area contributed by atoms with Crippen LogP contribution in [0, 0.1) is 0 Å². The molecule has 0 radical (unpaired) electrons. The van der Waals surface area contributed by atoms with E-state index in [0.717, 1.165) is 0 Å². The van der Waals surface area contributed by atoms with Crippen LogP contribution in [0.3, 0.4) is 0 Å². The minimum absolute atomic E-state index is 0.283. The molecule has 72 valence electrons. The lowest BCUT2D eigenvalue weighted by Crippen LogP contribution is -3.41. The van der Waals surface area contributed by atoms with E-state index in [0.29, 0.717) is 5.92 Å². The Bertz CT molecular complexity index is 264. The van der Waals surface area contributed by atoms with Gasteiger partial charge in [-0.15, -0.1) is 0 Å². The Labute approximate surface area is 94.9 Å². The highest BCUT2D eigenvalue weighted by Crippen LogP contribution is 2.18. The standard InChI is InChI=1S/C12H18I/c1-9(2)10-5-7-11(8-6-10)12(3,4)13/h5-9,13H,1-4H3/q+1. The van der Waals surface area contributed by atoms with Gasteiger partial charge in [-0.2, -0.15) is 0 Å². The van der Waals surface area contributed by atoms with Crippen LogP contribution in [0.5, 0.6) is 0 Å². The van der Waals surface area contributed by atoms with Crippen LogP contribution in [0.4, 0.5) is 0 Å². The van der Waals surface area contributed by atoms with Crippen molar-refractivity contribution in [3.05, 3.63) is 35.4 Å². The molecule has 0 atom stereocenters. The van der Waals surface area contributed by atoms with Crippen LogP contribution in [-0.4, -0.2) is 0 Å². The molecule has 1 heteroatoms. The molecule has 0 N–H and O–H groups in total. The van der Waals surface area contributed by atoms with Crippen LogP contribution in [0.1, 0.15) is 44.7 Å². The van der Waals surface area contributed by atoms with Gasteiger partial charge in [0.05, 0.1) is 0 Å². The second-order valence-corrected chi connectivity index (χ2v) is 7.20. The van der Waals surface area contributed by atoms with Gasteiger partial charge in [-0.3, -0.25) is 0 Å². The summed E-state index contributed by atoms with van der Waals surface area (Å²) in [5.74, 6) is 0.634. The zero-order valence-electron chi connectivity index (χ0n) is 8.79. The molecule has 0 spiro atoms. The minimum atomic E-state index is 0.283. The molecule has 0 nitrogen and oxygen atoms in total. The maximum atomic E-state index is 2.25. The van der Waals surface area contributed by atoms with Crippen molar-refractivity contribution < 1.29 is 22.6 Å². The zero-order chi connectivity index (χ0) is 10.1. The lowest BCUT2D eigenvalue weighted by atomic mass is 9.97. The van der Waals surface area contributed by atoms with E-state index >= 15 is 0 Å². The molecule has 0 heterocycles. The molecule has 0 bridgehead atoms. The summed E-state index contributed by atoms with van der Waals surface area (Å²) in [7, 11) is 0. The van der Waals surface area contributed by atoms with Crippen LogP contribution >= 0.6 is 0 Å². The maximum absolute atomic E-state index is 2.25. The first kappa shape index (κ1) is 11.0. The Hall–Kier alpha value is -0.0500. The van der Waals surface area contributed by atoms with Crippen LogP contribution in [-0.2, 0) is 3.42 Å². The van der Waals surface area contributed by atoms with Crippen molar-refractivity contribution in [2.45, 2.75) is 37.0 Å². The third kappa shape index (κ3) is 2.97. The van der Waals surface area contributed by atoms with E-state index in [4.69, 9.17) is 0 Å². The molecule has 0 saturated carbocycles. The third-order valence-corrected chi connectivity index (χ3v) is 2.95. The second-order valence-electron chi connectivity index (χ2n) is 4.29. The van der Waals surface area contributed by atoms with Gasteiger partial charge in [0.25, 0.3) is 22.6 Å². The Kier molecular flexibility index (Phi) is 3.38. The van der Waals surface area contributed by atoms with Crippen molar-refractivity contribution in [2.75, 3.05) is 0 Å². The zero-order valence-corrected chi connectivity index (χ0v) is 11.1. The number of alkyl halides is 1. The van der Waals surface area contributed by atoms with E-state index in [1.54, 1.807) is 0 Å². The van der Waals surface area contributed by atoms with Crippen LogP contribution in [0.2, 0.25) is 0 Å².